The van der Waals surface area contributed by atoms with Crippen molar-refractivity contribution in [1.29, 1.82) is 0 Å². The fourth-order valence-electron chi connectivity index (χ4n) is 6.99. The van der Waals surface area contributed by atoms with E-state index in [9.17, 15) is 0 Å². The zero-order valence-corrected chi connectivity index (χ0v) is 27.6. The highest BCUT2D eigenvalue weighted by Crippen LogP contribution is 2.36. The highest BCUT2D eigenvalue weighted by Gasteiger charge is 2.22. The number of benzene rings is 2. The van der Waals surface area contributed by atoms with Crippen LogP contribution in [0.1, 0.15) is 62.9 Å². The fourth-order valence-corrected chi connectivity index (χ4v) is 6.99. The summed E-state index contributed by atoms with van der Waals surface area (Å²) in [6.45, 7) is 17.1. The third-order valence-electron chi connectivity index (χ3n) is 9.62. The molecule has 2 aliphatic rings. The largest absolute Gasteiger partial charge is 0.379 e. The number of hydrogen-bond acceptors (Lipinski definition) is 6. The summed E-state index contributed by atoms with van der Waals surface area (Å²) in [5.41, 5.74) is 9.62. The Morgan fingerprint density at radius 3 is 2.25 bits per heavy atom. The minimum Gasteiger partial charge on any atom is -0.379 e. The van der Waals surface area contributed by atoms with E-state index in [1.54, 1.807) is 0 Å². The highest BCUT2D eigenvalue weighted by molar-refractivity contribution is 6.09. The quantitative estimate of drug-likeness (QED) is 0.169. The first kappa shape index (κ1) is 31.0. The number of fused-ring (bicyclic) bond motifs is 3. The van der Waals surface area contributed by atoms with Crippen molar-refractivity contribution in [3.63, 3.8) is 0 Å². The van der Waals surface area contributed by atoms with Gasteiger partial charge in [-0.2, -0.15) is 0 Å². The van der Waals surface area contributed by atoms with Crippen molar-refractivity contribution in [2.75, 3.05) is 71.0 Å². The molecule has 4 heterocycles. The molecule has 236 valence electrons. The van der Waals surface area contributed by atoms with Crippen molar-refractivity contribution in [3.8, 4) is 11.3 Å². The second kappa shape index (κ2) is 14.4. The van der Waals surface area contributed by atoms with Gasteiger partial charge in [0.05, 0.1) is 29.9 Å². The number of morpholine rings is 1. The van der Waals surface area contributed by atoms with Crippen LogP contribution in [0.5, 0.6) is 0 Å². The Labute approximate surface area is 264 Å². The summed E-state index contributed by atoms with van der Waals surface area (Å²) in [6, 6.07) is 13.9. The Kier molecular flexibility index (Phi) is 10.1. The molecule has 2 saturated heterocycles. The molecular formula is C37H52N6O. The molecule has 6 rings (SSSR count). The van der Waals surface area contributed by atoms with Crippen molar-refractivity contribution in [2.24, 2.45) is 0 Å². The number of aromatic nitrogens is 3. The Bertz CT molecular complexity index is 1530. The summed E-state index contributed by atoms with van der Waals surface area (Å²) in [5.74, 6) is 1.20. The van der Waals surface area contributed by atoms with E-state index < -0.39 is 0 Å². The molecule has 44 heavy (non-hydrogen) atoms. The van der Waals surface area contributed by atoms with Crippen molar-refractivity contribution in [3.05, 3.63) is 53.3 Å². The highest BCUT2D eigenvalue weighted by atomic mass is 16.5. The molecule has 2 aliphatic heterocycles. The third kappa shape index (κ3) is 6.80. The van der Waals surface area contributed by atoms with E-state index in [-0.39, 0.29) is 0 Å². The van der Waals surface area contributed by atoms with Crippen LogP contribution in [0.2, 0.25) is 0 Å². The molecule has 0 spiro atoms. The number of aryl methyl sites for hydroxylation is 4. The molecule has 7 heteroatoms. The van der Waals surface area contributed by atoms with Gasteiger partial charge in [0.25, 0.3) is 0 Å². The van der Waals surface area contributed by atoms with Crippen molar-refractivity contribution >= 4 is 27.6 Å². The van der Waals surface area contributed by atoms with Crippen LogP contribution < -0.4 is 4.90 Å². The molecule has 0 aliphatic carbocycles. The molecule has 4 aromatic rings. The number of imidazole rings is 1. The van der Waals surface area contributed by atoms with Crippen LogP contribution in [0, 0.1) is 6.92 Å². The van der Waals surface area contributed by atoms with Crippen LogP contribution in [-0.2, 0) is 24.1 Å². The molecule has 2 fully saturated rings. The predicted octanol–water partition coefficient (Wildman–Crippen LogP) is 6.72. The molecule has 0 unspecified atom stereocenters. The van der Waals surface area contributed by atoms with Gasteiger partial charge in [0.15, 0.2) is 0 Å². The van der Waals surface area contributed by atoms with E-state index in [2.05, 4.69) is 83.5 Å². The number of rotatable bonds is 12. The molecule has 2 aromatic heterocycles. The van der Waals surface area contributed by atoms with Crippen LogP contribution in [-0.4, -0.2) is 90.4 Å². The van der Waals surface area contributed by atoms with E-state index >= 15 is 0 Å². The van der Waals surface area contributed by atoms with Crippen molar-refractivity contribution in [1.82, 2.24) is 24.3 Å². The first-order chi connectivity index (χ1) is 21.6. The zero-order valence-electron chi connectivity index (χ0n) is 27.6. The molecule has 0 N–H and O–H groups in total. The summed E-state index contributed by atoms with van der Waals surface area (Å²) in [7, 11) is 2.21. The standard InChI is InChI=1S/C37H52N6O/c1-5-7-11-29-26-28(3)34-32(27-29)37-36(35(39-34)30-12-14-31(15-13-30)42-20-18-40(4)19-21-42)38-33(10-6-2)43(37)17-9-8-16-41-22-24-44-25-23-41/h12-15,26-27H,5-11,16-25H2,1-4H3. The third-order valence-corrected chi connectivity index (χ3v) is 9.62. The summed E-state index contributed by atoms with van der Waals surface area (Å²) < 4.78 is 8.13. The van der Waals surface area contributed by atoms with Gasteiger partial charge in [0.2, 0.25) is 0 Å². The monoisotopic (exact) mass is 596 g/mol. The van der Waals surface area contributed by atoms with Crippen LogP contribution in [0.3, 0.4) is 0 Å². The summed E-state index contributed by atoms with van der Waals surface area (Å²) in [6.07, 6.45) is 7.92. The maximum Gasteiger partial charge on any atom is 0.116 e. The lowest BCUT2D eigenvalue weighted by molar-refractivity contribution is 0.0371. The lowest BCUT2D eigenvalue weighted by atomic mass is 9.99. The second-order valence-electron chi connectivity index (χ2n) is 13.0. The molecule has 0 amide bonds. The molecule has 0 saturated carbocycles. The van der Waals surface area contributed by atoms with E-state index in [0.29, 0.717) is 0 Å². The lowest BCUT2D eigenvalue weighted by Crippen LogP contribution is -2.44. The Balaban J connectivity index is 1.40. The van der Waals surface area contributed by atoms with Gasteiger partial charge in [0.1, 0.15) is 11.3 Å². The molecular weight excluding hydrogens is 544 g/mol. The lowest BCUT2D eigenvalue weighted by Gasteiger charge is -2.34. The number of hydrogen-bond donors (Lipinski definition) is 0. The number of likely N-dealkylation sites (N-methyl/N-ethyl adjacent to an activating group) is 1. The maximum absolute atomic E-state index is 5.57. The summed E-state index contributed by atoms with van der Waals surface area (Å²) in [5, 5.41) is 1.27. The number of anilines is 1. The number of piperazine rings is 1. The molecule has 2 aromatic carbocycles. The molecule has 0 radical (unpaired) electrons. The van der Waals surface area contributed by atoms with E-state index in [0.717, 1.165) is 114 Å². The Hall–Kier alpha value is -3.00. The normalized spacial score (nSPS) is 16.9. The average Bonchev–Trinajstić information content (AvgIpc) is 3.41. The smallest absolute Gasteiger partial charge is 0.116 e. The van der Waals surface area contributed by atoms with Crippen LogP contribution in [0.25, 0.3) is 33.2 Å². The van der Waals surface area contributed by atoms with Crippen LogP contribution in [0.4, 0.5) is 5.69 Å². The molecule has 0 atom stereocenters. The minimum absolute atomic E-state index is 0.866. The van der Waals surface area contributed by atoms with Gasteiger partial charge in [-0.1, -0.05) is 38.5 Å². The molecule has 7 nitrogen and oxygen atoms in total. The average molecular weight is 597 g/mol. The Morgan fingerprint density at radius 1 is 0.773 bits per heavy atom. The molecule has 0 bridgehead atoms. The van der Waals surface area contributed by atoms with E-state index in [4.69, 9.17) is 14.7 Å². The van der Waals surface area contributed by atoms with Gasteiger partial charge in [-0.05, 0) is 81.9 Å². The van der Waals surface area contributed by atoms with Gasteiger partial charge in [-0.3, -0.25) is 4.90 Å². The topological polar surface area (TPSA) is 49.7 Å². The first-order valence-electron chi connectivity index (χ1n) is 17.2. The van der Waals surface area contributed by atoms with E-state index in [1.807, 2.05) is 0 Å². The second-order valence-corrected chi connectivity index (χ2v) is 13.0. The summed E-state index contributed by atoms with van der Waals surface area (Å²) >= 11 is 0. The number of nitrogens with zero attached hydrogens (tertiary/aromatic N) is 6. The first-order valence-corrected chi connectivity index (χ1v) is 17.2. The predicted molar refractivity (Wildman–Crippen MR) is 184 cm³/mol. The van der Waals surface area contributed by atoms with Gasteiger partial charge >= 0.3 is 0 Å². The minimum atomic E-state index is 0.866. The zero-order chi connectivity index (χ0) is 30.5. The van der Waals surface area contributed by atoms with Crippen LogP contribution >= 0.6 is 0 Å². The summed E-state index contributed by atoms with van der Waals surface area (Å²) in [4.78, 5) is 18.3. The SMILES string of the molecule is CCCCc1cc(C)c2nc(-c3ccc(N4CCN(C)CC4)cc3)c3nc(CCC)n(CCCCN4CCOCC4)c3c2c1. The maximum atomic E-state index is 5.57. The van der Waals surface area contributed by atoms with Gasteiger partial charge < -0.3 is 19.1 Å². The fraction of sp³-hybridized carbons (Fsp3) is 0.568. The number of pyridine rings is 1. The number of ether oxygens (including phenoxy) is 1. The van der Waals surface area contributed by atoms with Gasteiger partial charge in [0, 0.05) is 68.9 Å². The van der Waals surface area contributed by atoms with Crippen LogP contribution in [0.15, 0.2) is 36.4 Å². The van der Waals surface area contributed by atoms with E-state index in [1.165, 1.54) is 52.8 Å². The van der Waals surface area contributed by atoms with Gasteiger partial charge in [-0.25, -0.2) is 9.97 Å². The number of unbranched alkanes of at least 4 members (excludes halogenated alkanes) is 2. The van der Waals surface area contributed by atoms with Crippen molar-refractivity contribution in [2.45, 2.75) is 72.3 Å². The van der Waals surface area contributed by atoms with Crippen molar-refractivity contribution < 1.29 is 4.74 Å². The van der Waals surface area contributed by atoms with Gasteiger partial charge in [-0.15, -0.1) is 0 Å². The Morgan fingerprint density at radius 2 is 1.52 bits per heavy atom.